The zero-order chi connectivity index (χ0) is 11.7. The third-order valence-electron chi connectivity index (χ3n) is 2.30. The topological polar surface area (TPSA) is 23.5 Å². The minimum Gasteiger partial charge on any atom is -0.503 e. The quantitative estimate of drug-likeness (QED) is 0.826. The highest BCUT2D eigenvalue weighted by molar-refractivity contribution is 8.23. The van der Waals surface area contributed by atoms with Crippen LogP contribution in [0.3, 0.4) is 0 Å². The first-order valence-corrected chi connectivity index (χ1v) is 6.06. The Hall–Kier alpha value is -0.880. The van der Waals surface area contributed by atoms with E-state index in [1.54, 1.807) is 11.8 Å². The highest BCUT2D eigenvalue weighted by Crippen LogP contribution is 2.25. The van der Waals surface area contributed by atoms with Gasteiger partial charge in [0.15, 0.2) is 17.4 Å². The number of nitrogens with zero attached hydrogens (tertiary/aromatic N) is 1. The summed E-state index contributed by atoms with van der Waals surface area (Å²) in [5, 5.41) is 8.95. The van der Waals surface area contributed by atoms with Crippen LogP contribution < -0.4 is 0 Å². The Balaban J connectivity index is 2.18. The molecule has 0 radical (unpaired) electrons. The SMILES string of the molecule is Oc1c(F)cc(CN2CCSC2=S)cc1F. The predicted molar refractivity (Wildman–Crippen MR) is 63.5 cm³/mol. The van der Waals surface area contributed by atoms with Crippen LogP contribution in [0.15, 0.2) is 12.1 Å². The van der Waals surface area contributed by atoms with Crippen molar-refractivity contribution < 1.29 is 13.9 Å². The molecule has 0 unspecified atom stereocenters. The highest BCUT2D eigenvalue weighted by atomic mass is 32.2. The van der Waals surface area contributed by atoms with Crippen molar-refractivity contribution in [3.05, 3.63) is 29.3 Å². The van der Waals surface area contributed by atoms with E-state index in [9.17, 15) is 8.78 Å². The van der Waals surface area contributed by atoms with E-state index in [-0.39, 0.29) is 0 Å². The van der Waals surface area contributed by atoms with E-state index >= 15 is 0 Å². The van der Waals surface area contributed by atoms with E-state index in [4.69, 9.17) is 17.3 Å². The molecule has 1 N–H and O–H groups in total. The van der Waals surface area contributed by atoms with Crippen LogP contribution in [0, 0.1) is 11.6 Å². The van der Waals surface area contributed by atoms with Crippen molar-refractivity contribution in [3.63, 3.8) is 0 Å². The average molecular weight is 261 g/mol. The van der Waals surface area contributed by atoms with E-state index in [2.05, 4.69) is 0 Å². The minimum atomic E-state index is -0.937. The molecule has 86 valence electrons. The molecule has 16 heavy (non-hydrogen) atoms. The summed E-state index contributed by atoms with van der Waals surface area (Å²) >= 11 is 6.64. The first kappa shape index (κ1) is 11.6. The molecule has 1 aromatic rings. The lowest BCUT2D eigenvalue weighted by Crippen LogP contribution is -2.22. The van der Waals surface area contributed by atoms with Crippen molar-refractivity contribution >= 4 is 28.3 Å². The van der Waals surface area contributed by atoms with Gasteiger partial charge < -0.3 is 10.0 Å². The van der Waals surface area contributed by atoms with Gasteiger partial charge >= 0.3 is 0 Å². The van der Waals surface area contributed by atoms with Crippen molar-refractivity contribution in [2.45, 2.75) is 6.54 Å². The fourth-order valence-electron chi connectivity index (χ4n) is 1.50. The Kier molecular flexibility index (Phi) is 3.30. The van der Waals surface area contributed by atoms with Crippen molar-refractivity contribution in [2.24, 2.45) is 0 Å². The van der Waals surface area contributed by atoms with Gasteiger partial charge in [-0.15, -0.1) is 0 Å². The summed E-state index contributed by atoms with van der Waals surface area (Å²) in [4.78, 5) is 1.88. The molecule has 0 bridgehead atoms. The van der Waals surface area contributed by atoms with Gasteiger partial charge in [-0.1, -0.05) is 24.0 Å². The van der Waals surface area contributed by atoms with Crippen molar-refractivity contribution in [1.29, 1.82) is 0 Å². The van der Waals surface area contributed by atoms with Crippen LogP contribution in [-0.2, 0) is 6.54 Å². The Labute approximate surface area is 101 Å². The van der Waals surface area contributed by atoms with Gasteiger partial charge in [-0.2, -0.15) is 0 Å². The van der Waals surface area contributed by atoms with Gasteiger partial charge in [0, 0.05) is 18.8 Å². The molecule has 1 aliphatic rings. The van der Waals surface area contributed by atoms with Crippen LogP contribution in [0.4, 0.5) is 8.78 Å². The zero-order valence-corrected chi connectivity index (χ0v) is 9.88. The molecule has 1 saturated heterocycles. The van der Waals surface area contributed by atoms with Crippen LogP contribution >= 0.6 is 24.0 Å². The van der Waals surface area contributed by atoms with Gasteiger partial charge in [0.1, 0.15) is 4.32 Å². The Morgan fingerprint density at radius 1 is 1.38 bits per heavy atom. The van der Waals surface area contributed by atoms with Gasteiger partial charge in [0.25, 0.3) is 0 Å². The Bertz CT molecular complexity index is 416. The molecule has 2 nitrogen and oxygen atoms in total. The minimum absolute atomic E-state index is 0.375. The van der Waals surface area contributed by atoms with Crippen molar-refractivity contribution in [3.8, 4) is 5.75 Å². The van der Waals surface area contributed by atoms with E-state index in [1.165, 1.54) is 0 Å². The lowest BCUT2D eigenvalue weighted by molar-refractivity contribution is 0.392. The molecular formula is C10H9F2NOS2. The highest BCUT2D eigenvalue weighted by Gasteiger charge is 2.19. The second kappa shape index (κ2) is 4.55. The smallest absolute Gasteiger partial charge is 0.187 e. The standard InChI is InChI=1S/C10H9F2NOS2/c11-7-3-6(4-8(12)9(7)14)5-13-1-2-16-10(13)15/h3-4,14H,1-2,5H2. The molecule has 1 aliphatic heterocycles. The van der Waals surface area contributed by atoms with Gasteiger partial charge in [0.2, 0.25) is 0 Å². The van der Waals surface area contributed by atoms with Gasteiger partial charge in [-0.05, 0) is 17.7 Å². The number of rotatable bonds is 2. The molecular weight excluding hydrogens is 252 g/mol. The molecule has 6 heteroatoms. The molecule has 0 spiro atoms. The number of aromatic hydroxyl groups is 1. The summed E-state index contributed by atoms with van der Waals surface area (Å²) in [5.41, 5.74) is 0.470. The second-order valence-corrected chi connectivity index (χ2v) is 5.17. The molecule has 0 aliphatic carbocycles. The summed E-state index contributed by atoms with van der Waals surface area (Å²) in [7, 11) is 0. The number of phenolic OH excluding ortho intramolecular Hbond substituents is 1. The van der Waals surface area contributed by atoms with Gasteiger partial charge in [0.05, 0.1) is 0 Å². The number of phenols is 1. The molecule has 2 rings (SSSR count). The normalized spacial score (nSPS) is 15.9. The summed E-state index contributed by atoms with van der Waals surface area (Å²) in [6, 6.07) is 2.26. The van der Waals surface area contributed by atoms with Crippen LogP contribution in [0.2, 0.25) is 0 Å². The molecule has 1 heterocycles. The maximum absolute atomic E-state index is 13.1. The third kappa shape index (κ3) is 2.27. The van der Waals surface area contributed by atoms with E-state index in [1.807, 2.05) is 4.90 Å². The summed E-state index contributed by atoms with van der Waals surface area (Å²) in [6.45, 7) is 1.16. The summed E-state index contributed by atoms with van der Waals surface area (Å²) in [6.07, 6.45) is 0. The molecule has 0 saturated carbocycles. The van der Waals surface area contributed by atoms with Crippen LogP contribution in [0.5, 0.6) is 5.75 Å². The lowest BCUT2D eigenvalue weighted by atomic mass is 10.2. The molecule has 1 fully saturated rings. The van der Waals surface area contributed by atoms with Crippen LogP contribution in [0.25, 0.3) is 0 Å². The maximum atomic E-state index is 13.1. The Morgan fingerprint density at radius 2 is 2.00 bits per heavy atom. The molecule has 0 amide bonds. The molecule has 0 atom stereocenters. The fourth-order valence-corrected chi connectivity index (χ4v) is 2.73. The molecule has 0 aromatic heterocycles. The van der Waals surface area contributed by atoms with E-state index < -0.39 is 17.4 Å². The fraction of sp³-hybridized carbons (Fsp3) is 0.300. The first-order valence-electron chi connectivity index (χ1n) is 4.66. The largest absolute Gasteiger partial charge is 0.503 e. The number of thiocarbonyl (C=S) groups is 1. The van der Waals surface area contributed by atoms with Gasteiger partial charge in [-0.3, -0.25) is 0 Å². The first-order chi connectivity index (χ1) is 7.58. The number of hydrogen-bond acceptors (Lipinski definition) is 3. The van der Waals surface area contributed by atoms with Crippen LogP contribution in [-0.4, -0.2) is 26.6 Å². The van der Waals surface area contributed by atoms with Crippen molar-refractivity contribution in [1.82, 2.24) is 4.90 Å². The van der Waals surface area contributed by atoms with Gasteiger partial charge in [-0.25, -0.2) is 8.78 Å². The van der Waals surface area contributed by atoms with E-state index in [0.29, 0.717) is 12.1 Å². The van der Waals surface area contributed by atoms with Crippen LogP contribution in [0.1, 0.15) is 5.56 Å². The zero-order valence-electron chi connectivity index (χ0n) is 8.24. The molecule has 1 aromatic carbocycles. The monoisotopic (exact) mass is 261 g/mol. The Morgan fingerprint density at radius 3 is 2.50 bits per heavy atom. The lowest BCUT2D eigenvalue weighted by Gasteiger charge is -2.16. The van der Waals surface area contributed by atoms with Crippen molar-refractivity contribution in [2.75, 3.05) is 12.3 Å². The second-order valence-electron chi connectivity index (χ2n) is 3.44. The average Bonchev–Trinajstić information content (AvgIpc) is 2.61. The van der Waals surface area contributed by atoms with E-state index in [0.717, 1.165) is 28.8 Å². The summed E-state index contributed by atoms with van der Waals surface area (Å²) in [5.74, 6) is -1.90. The maximum Gasteiger partial charge on any atom is 0.187 e. The number of halogens is 2. The summed E-state index contributed by atoms with van der Waals surface area (Å²) < 4.78 is 26.9. The number of hydrogen-bond donors (Lipinski definition) is 1. The number of benzene rings is 1. The number of thioether (sulfide) groups is 1. The third-order valence-corrected chi connectivity index (χ3v) is 3.80. The predicted octanol–water partition coefficient (Wildman–Crippen LogP) is 2.50.